The van der Waals surface area contributed by atoms with Crippen LogP contribution in [-0.4, -0.2) is 18.2 Å². The van der Waals surface area contributed by atoms with Gasteiger partial charge in [0.15, 0.2) is 0 Å². The first-order valence-corrected chi connectivity index (χ1v) is 3.73. The lowest BCUT2D eigenvalue weighted by Gasteiger charge is -2.05. The number of methoxy groups -OCH3 is 1. The van der Waals surface area contributed by atoms with E-state index >= 15 is 0 Å². The molecule has 0 heterocycles. The highest BCUT2D eigenvalue weighted by molar-refractivity contribution is 5.91. The van der Waals surface area contributed by atoms with Crippen molar-refractivity contribution < 1.29 is 14.6 Å². The SMILES string of the molecule is COC(=O)c1cc(N)c(C)c(O)c1. The quantitative estimate of drug-likeness (QED) is 0.502. The number of phenolic OH excluding ortho intramolecular Hbond substituents is 1. The molecule has 0 aliphatic rings. The van der Waals surface area contributed by atoms with Crippen LogP contribution in [0.4, 0.5) is 5.69 Å². The van der Waals surface area contributed by atoms with Crippen LogP contribution >= 0.6 is 0 Å². The Morgan fingerprint density at radius 3 is 2.62 bits per heavy atom. The van der Waals surface area contributed by atoms with E-state index in [4.69, 9.17) is 5.73 Å². The molecule has 70 valence electrons. The van der Waals surface area contributed by atoms with Crippen LogP contribution < -0.4 is 5.73 Å². The molecule has 3 N–H and O–H groups in total. The zero-order valence-electron chi connectivity index (χ0n) is 7.50. The van der Waals surface area contributed by atoms with Crippen molar-refractivity contribution >= 4 is 11.7 Å². The Kier molecular flexibility index (Phi) is 2.41. The highest BCUT2D eigenvalue weighted by Gasteiger charge is 2.09. The molecule has 1 aromatic rings. The van der Waals surface area contributed by atoms with Crippen LogP contribution in [0, 0.1) is 6.92 Å². The molecule has 0 spiro atoms. The third-order valence-corrected chi connectivity index (χ3v) is 1.84. The molecule has 0 aliphatic heterocycles. The van der Waals surface area contributed by atoms with E-state index in [2.05, 4.69) is 4.74 Å². The third-order valence-electron chi connectivity index (χ3n) is 1.84. The maximum Gasteiger partial charge on any atom is 0.338 e. The molecule has 13 heavy (non-hydrogen) atoms. The van der Waals surface area contributed by atoms with Gasteiger partial charge in [-0.25, -0.2) is 4.79 Å². The van der Waals surface area contributed by atoms with E-state index in [-0.39, 0.29) is 11.3 Å². The van der Waals surface area contributed by atoms with Crippen LogP contribution in [0.5, 0.6) is 5.75 Å². The van der Waals surface area contributed by atoms with Gasteiger partial charge in [0.1, 0.15) is 5.75 Å². The van der Waals surface area contributed by atoms with Gasteiger partial charge >= 0.3 is 5.97 Å². The Hall–Kier alpha value is -1.71. The molecular formula is C9H11NO3. The first-order valence-electron chi connectivity index (χ1n) is 3.73. The largest absolute Gasteiger partial charge is 0.508 e. The summed E-state index contributed by atoms with van der Waals surface area (Å²) in [4.78, 5) is 11.0. The Labute approximate surface area is 75.9 Å². The number of anilines is 1. The summed E-state index contributed by atoms with van der Waals surface area (Å²) in [6.07, 6.45) is 0. The van der Waals surface area contributed by atoms with E-state index in [1.54, 1.807) is 6.92 Å². The number of ether oxygens (including phenoxy) is 1. The number of hydrogen-bond donors (Lipinski definition) is 2. The lowest BCUT2D eigenvalue weighted by Crippen LogP contribution is -2.03. The predicted molar refractivity (Wildman–Crippen MR) is 48.6 cm³/mol. The fourth-order valence-electron chi connectivity index (χ4n) is 0.957. The van der Waals surface area contributed by atoms with Crippen molar-refractivity contribution in [2.75, 3.05) is 12.8 Å². The second-order valence-electron chi connectivity index (χ2n) is 2.70. The Morgan fingerprint density at radius 1 is 1.54 bits per heavy atom. The standard InChI is InChI=1S/C9H11NO3/c1-5-7(10)3-6(4-8(5)11)9(12)13-2/h3-4,11H,10H2,1-2H3. The molecule has 0 aromatic heterocycles. The van der Waals surface area contributed by atoms with Crippen molar-refractivity contribution in [2.24, 2.45) is 0 Å². The van der Waals surface area contributed by atoms with Crippen LogP contribution in [0.1, 0.15) is 15.9 Å². The monoisotopic (exact) mass is 181 g/mol. The van der Waals surface area contributed by atoms with E-state index in [1.165, 1.54) is 19.2 Å². The molecule has 4 nitrogen and oxygen atoms in total. The molecule has 0 fully saturated rings. The summed E-state index contributed by atoms with van der Waals surface area (Å²) in [7, 11) is 1.27. The average molecular weight is 181 g/mol. The minimum Gasteiger partial charge on any atom is -0.508 e. The van der Waals surface area contributed by atoms with Gasteiger partial charge in [-0.05, 0) is 19.1 Å². The number of nitrogen functional groups attached to an aromatic ring is 1. The minimum atomic E-state index is -0.512. The number of esters is 1. The lowest BCUT2D eigenvalue weighted by atomic mass is 10.1. The number of carbonyl (C=O) groups excluding carboxylic acids is 1. The summed E-state index contributed by atoms with van der Waals surface area (Å²) in [6, 6.07) is 2.80. The van der Waals surface area contributed by atoms with E-state index in [0.29, 0.717) is 11.3 Å². The maximum absolute atomic E-state index is 11.0. The van der Waals surface area contributed by atoms with Gasteiger partial charge in [-0.15, -0.1) is 0 Å². The molecule has 0 unspecified atom stereocenters. The van der Waals surface area contributed by atoms with Crippen molar-refractivity contribution in [1.82, 2.24) is 0 Å². The molecule has 1 rings (SSSR count). The van der Waals surface area contributed by atoms with E-state index in [0.717, 1.165) is 0 Å². The van der Waals surface area contributed by atoms with Gasteiger partial charge in [-0.1, -0.05) is 0 Å². The topological polar surface area (TPSA) is 72.5 Å². The second-order valence-corrected chi connectivity index (χ2v) is 2.70. The van der Waals surface area contributed by atoms with Gasteiger partial charge in [-0.2, -0.15) is 0 Å². The summed E-state index contributed by atoms with van der Waals surface area (Å²) in [5, 5.41) is 9.34. The number of nitrogens with two attached hydrogens (primary N) is 1. The number of rotatable bonds is 1. The summed E-state index contributed by atoms with van der Waals surface area (Å²) < 4.78 is 4.48. The van der Waals surface area contributed by atoms with E-state index in [1.807, 2.05) is 0 Å². The summed E-state index contributed by atoms with van der Waals surface area (Å²) in [6.45, 7) is 1.67. The lowest BCUT2D eigenvalue weighted by molar-refractivity contribution is 0.0600. The van der Waals surface area contributed by atoms with E-state index in [9.17, 15) is 9.90 Å². The molecule has 0 amide bonds. The number of phenols is 1. The van der Waals surface area contributed by atoms with Crippen molar-refractivity contribution in [1.29, 1.82) is 0 Å². The first-order chi connectivity index (χ1) is 6.06. The number of benzene rings is 1. The first kappa shape index (κ1) is 9.38. The van der Waals surface area contributed by atoms with Gasteiger partial charge in [0.25, 0.3) is 0 Å². The van der Waals surface area contributed by atoms with Crippen molar-refractivity contribution in [3.63, 3.8) is 0 Å². The van der Waals surface area contributed by atoms with Crippen molar-refractivity contribution in [3.8, 4) is 5.75 Å². The molecule has 0 bridgehead atoms. The Balaban J connectivity index is 3.20. The molecule has 4 heteroatoms. The number of hydrogen-bond acceptors (Lipinski definition) is 4. The molecule has 0 saturated heterocycles. The molecular weight excluding hydrogens is 170 g/mol. The minimum absolute atomic E-state index is 0.000370. The second kappa shape index (κ2) is 3.35. The van der Waals surface area contributed by atoms with Gasteiger partial charge < -0.3 is 15.6 Å². The van der Waals surface area contributed by atoms with Crippen LogP contribution in [0.3, 0.4) is 0 Å². The number of aromatic hydroxyl groups is 1. The van der Waals surface area contributed by atoms with Gasteiger partial charge in [0, 0.05) is 11.3 Å². The van der Waals surface area contributed by atoms with Crippen LogP contribution in [0.25, 0.3) is 0 Å². The molecule has 0 saturated carbocycles. The highest BCUT2D eigenvalue weighted by Crippen LogP contribution is 2.24. The fraction of sp³-hybridized carbons (Fsp3) is 0.222. The fourth-order valence-corrected chi connectivity index (χ4v) is 0.957. The normalized spacial score (nSPS) is 9.69. The average Bonchev–Trinajstić information content (AvgIpc) is 2.12. The molecule has 0 radical (unpaired) electrons. The zero-order chi connectivity index (χ0) is 10.0. The van der Waals surface area contributed by atoms with Crippen LogP contribution in [0.15, 0.2) is 12.1 Å². The van der Waals surface area contributed by atoms with Gasteiger partial charge in [-0.3, -0.25) is 0 Å². The maximum atomic E-state index is 11.0. The van der Waals surface area contributed by atoms with Crippen molar-refractivity contribution in [3.05, 3.63) is 23.3 Å². The summed E-state index contributed by atoms with van der Waals surface area (Å²) >= 11 is 0. The highest BCUT2D eigenvalue weighted by atomic mass is 16.5. The molecule has 1 aromatic carbocycles. The zero-order valence-corrected chi connectivity index (χ0v) is 7.50. The van der Waals surface area contributed by atoms with E-state index < -0.39 is 5.97 Å². The molecule has 0 aliphatic carbocycles. The van der Waals surface area contributed by atoms with Gasteiger partial charge in [0.05, 0.1) is 12.7 Å². The third kappa shape index (κ3) is 1.72. The predicted octanol–water partition coefficient (Wildman–Crippen LogP) is 1.07. The Bertz CT molecular complexity index is 324. The van der Waals surface area contributed by atoms with Crippen LogP contribution in [-0.2, 0) is 4.74 Å². The number of carbonyl (C=O) groups is 1. The summed E-state index contributed by atoms with van der Waals surface area (Å²) in [5.74, 6) is -0.512. The Morgan fingerprint density at radius 2 is 2.15 bits per heavy atom. The van der Waals surface area contributed by atoms with Crippen LogP contribution in [0.2, 0.25) is 0 Å². The van der Waals surface area contributed by atoms with Gasteiger partial charge in [0.2, 0.25) is 0 Å². The smallest absolute Gasteiger partial charge is 0.338 e. The summed E-state index contributed by atoms with van der Waals surface area (Å²) in [5.41, 5.74) is 6.74. The van der Waals surface area contributed by atoms with Crippen molar-refractivity contribution in [2.45, 2.75) is 6.92 Å². The molecule has 0 atom stereocenters.